The first-order valence-electron chi connectivity index (χ1n) is 3.10. The summed E-state index contributed by atoms with van der Waals surface area (Å²) in [5, 5.41) is 0.101. The summed E-state index contributed by atoms with van der Waals surface area (Å²) in [6, 6.07) is 1.42. The van der Waals surface area contributed by atoms with E-state index >= 15 is 0 Å². The Bertz CT molecular complexity index is 263. The Hall–Kier alpha value is -0.830. The SMILES string of the molecule is CN(C)c1nccc(Cl)c1F. The number of nitrogens with zero attached hydrogens (tertiary/aromatic N) is 2. The molecule has 2 nitrogen and oxygen atoms in total. The molecule has 0 aliphatic rings. The third-order valence-electron chi connectivity index (χ3n) is 1.25. The normalized spacial score (nSPS) is 9.82. The van der Waals surface area contributed by atoms with Crippen LogP contribution in [0.4, 0.5) is 10.2 Å². The minimum atomic E-state index is -0.473. The predicted molar refractivity (Wildman–Crippen MR) is 43.5 cm³/mol. The second-order valence-electron chi connectivity index (χ2n) is 2.32. The van der Waals surface area contributed by atoms with Crippen molar-refractivity contribution in [2.75, 3.05) is 19.0 Å². The van der Waals surface area contributed by atoms with E-state index in [1.165, 1.54) is 12.3 Å². The average molecular weight is 175 g/mol. The predicted octanol–water partition coefficient (Wildman–Crippen LogP) is 1.94. The molecule has 1 heterocycles. The molecular weight excluding hydrogens is 167 g/mol. The van der Waals surface area contributed by atoms with Crippen molar-refractivity contribution in [2.45, 2.75) is 0 Å². The van der Waals surface area contributed by atoms with Crippen LogP contribution in [0, 0.1) is 5.82 Å². The van der Waals surface area contributed by atoms with E-state index in [0.29, 0.717) is 0 Å². The lowest BCUT2D eigenvalue weighted by atomic mass is 10.4. The van der Waals surface area contributed by atoms with Gasteiger partial charge >= 0.3 is 0 Å². The van der Waals surface area contributed by atoms with Gasteiger partial charge in [-0.1, -0.05) is 11.6 Å². The number of halogens is 2. The average Bonchev–Trinajstić information content (AvgIpc) is 1.94. The van der Waals surface area contributed by atoms with Gasteiger partial charge < -0.3 is 4.90 Å². The number of rotatable bonds is 1. The van der Waals surface area contributed by atoms with Crippen molar-refractivity contribution >= 4 is 17.4 Å². The van der Waals surface area contributed by atoms with Crippen molar-refractivity contribution < 1.29 is 4.39 Å². The number of aromatic nitrogens is 1. The quantitative estimate of drug-likeness (QED) is 0.647. The fraction of sp³-hybridized carbons (Fsp3) is 0.286. The molecule has 0 atom stereocenters. The lowest BCUT2D eigenvalue weighted by molar-refractivity contribution is 0.620. The number of pyridine rings is 1. The van der Waals surface area contributed by atoms with Gasteiger partial charge in [-0.2, -0.15) is 0 Å². The first-order valence-corrected chi connectivity index (χ1v) is 3.48. The summed E-state index contributed by atoms with van der Waals surface area (Å²) >= 11 is 5.52. The van der Waals surface area contributed by atoms with E-state index < -0.39 is 5.82 Å². The third-order valence-corrected chi connectivity index (χ3v) is 1.54. The Morgan fingerprint density at radius 3 is 2.64 bits per heavy atom. The topological polar surface area (TPSA) is 16.1 Å². The molecule has 0 fully saturated rings. The van der Waals surface area contributed by atoms with Crippen molar-refractivity contribution in [1.29, 1.82) is 0 Å². The van der Waals surface area contributed by atoms with Gasteiger partial charge in [-0.15, -0.1) is 0 Å². The van der Waals surface area contributed by atoms with Gasteiger partial charge in [0, 0.05) is 20.3 Å². The van der Waals surface area contributed by atoms with Crippen molar-refractivity contribution in [3.63, 3.8) is 0 Å². The Balaban J connectivity index is 3.17. The Morgan fingerprint density at radius 2 is 2.18 bits per heavy atom. The minimum Gasteiger partial charge on any atom is -0.360 e. The van der Waals surface area contributed by atoms with Gasteiger partial charge in [-0.25, -0.2) is 9.37 Å². The monoisotopic (exact) mass is 174 g/mol. The summed E-state index contributed by atoms with van der Waals surface area (Å²) < 4.78 is 13.0. The molecule has 11 heavy (non-hydrogen) atoms. The summed E-state index contributed by atoms with van der Waals surface area (Å²) in [4.78, 5) is 5.38. The summed E-state index contributed by atoms with van der Waals surface area (Å²) in [7, 11) is 3.42. The standard InChI is InChI=1S/C7H8ClFN2/c1-11(2)7-6(9)5(8)3-4-10-7/h3-4H,1-2H3. The van der Waals surface area contributed by atoms with Crippen molar-refractivity contribution in [3.8, 4) is 0 Å². The first-order chi connectivity index (χ1) is 5.13. The molecule has 0 aliphatic carbocycles. The second-order valence-corrected chi connectivity index (χ2v) is 2.73. The van der Waals surface area contributed by atoms with Crippen molar-refractivity contribution in [3.05, 3.63) is 23.1 Å². The molecule has 0 amide bonds. The molecule has 1 aromatic heterocycles. The van der Waals surface area contributed by atoms with Crippen LogP contribution >= 0.6 is 11.6 Å². The maximum absolute atomic E-state index is 13.0. The van der Waals surface area contributed by atoms with E-state index in [-0.39, 0.29) is 10.8 Å². The van der Waals surface area contributed by atoms with Gasteiger partial charge in [0.05, 0.1) is 5.02 Å². The fourth-order valence-corrected chi connectivity index (χ4v) is 0.863. The molecule has 0 aromatic carbocycles. The van der Waals surface area contributed by atoms with E-state index in [2.05, 4.69) is 4.98 Å². The molecule has 0 saturated carbocycles. The van der Waals surface area contributed by atoms with E-state index in [1.54, 1.807) is 19.0 Å². The molecule has 0 bridgehead atoms. The highest BCUT2D eigenvalue weighted by molar-refractivity contribution is 6.30. The van der Waals surface area contributed by atoms with Crippen molar-refractivity contribution in [1.82, 2.24) is 4.98 Å². The van der Waals surface area contributed by atoms with Gasteiger partial charge in [0.1, 0.15) is 0 Å². The Kier molecular flexibility index (Phi) is 2.29. The molecule has 0 N–H and O–H groups in total. The highest BCUT2D eigenvalue weighted by atomic mass is 35.5. The Labute approximate surface area is 69.6 Å². The van der Waals surface area contributed by atoms with E-state index in [1.807, 2.05) is 0 Å². The van der Waals surface area contributed by atoms with Gasteiger partial charge in [-0.05, 0) is 6.07 Å². The lowest BCUT2D eigenvalue weighted by Gasteiger charge is -2.11. The number of hydrogen-bond acceptors (Lipinski definition) is 2. The Morgan fingerprint density at radius 1 is 1.55 bits per heavy atom. The molecule has 4 heteroatoms. The molecule has 0 spiro atoms. The zero-order valence-corrected chi connectivity index (χ0v) is 7.06. The fourth-order valence-electron chi connectivity index (χ4n) is 0.722. The summed E-state index contributed by atoms with van der Waals surface area (Å²) in [5.41, 5.74) is 0. The molecule has 0 saturated heterocycles. The first kappa shape index (κ1) is 8.27. The van der Waals surface area contributed by atoms with E-state index in [0.717, 1.165) is 0 Å². The van der Waals surface area contributed by atoms with Crippen LogP contribution in [-0.4, -0.2) is 19.1 Å². The van der Waals surface area contributed by atoms with Gasteiger partial charge in [-0.3, -0.25) is 0 Å². The van der Waals surface area contributed by atoms with Crippen LogP contribution in [-0.2, 0) is 0 Å². The molecule has 1 aromatic rings. The van der Waals surface area contributed by atoms with Gasteiger partial charge in [0.2, 0.25) is 0 Å². The molecule has 0 unspecified atom stereocenters. The largest absolute Gasteiger partial charge is 0.360 e. The zero-order chi connectivity index (χ0) is 8.43. The van der Waals surface area contributed by atoms with Crippen LogP contribution in [0.3, 0.4) is 0 Å². The van der Waals surface area contributed by atoms with Crippen LogP contribution in [0.2, 0.25) is 5.02 Å². The number of anilines is 1. The van der Waals surface area contributed by atoms with Crippen LogP contribution in [0.1, 0.15) is 0 Å². The van der Waals surface area contributed by atoms with Crippen LogP contribution in [0.25, 0.3) is 0 Å². The van der Waals surface area contributed by atoms with Crippen LogP contribution in [0.15, 0.2) is 12.3 Å². The molecule has 0 radical (unpaired) electrons. The maximum atomic E-state index is 13.0. The van der Waals surface area contributed by atoms with E-state index in [9.17, 15) is 4.39 Å². The summed E-state index contributed by atoms with van der Waals surface area (Å²) in [6.45, 7) is 0. The van der Waals surface area contributed by atoms with Gasteiger partial charge in [0.15, 0.2) is 11.6 Å². The smallest absolute Gasteiger partial charge is 0.184 e. The molecule has 60 valence electrons. The zero-order valence-electron chi connectivity index (χ0n) is 6.31. The third kappa shape index (κ3) is 1.60. The molecule has 0 aliphatic heterocycles. The van der Waals surface area contributed by atoms with Crippen LogP contribution in [0.5, 0.6) is 0 Å². The van der Waals surface area contributed by atoms with Crippen LogP contribution < -0.4 is 4.90 Å². The lowest BCUT2D eigenvalue weighted by Crippen LogP contribution is -2.12. The minimum absolute atomic E-state index is 0.101. The van der Waals surface area contributed by atoms with Gasteiger partial charge in [0.25, 0.3) is 0 Å². The highest BCUT2D eigenvalue weighted by Gasteiger charge is 2.08. The van der Waals surface area contributed by atoms with Crippen molar-refractivity contribution in [2.24, 2.45) is 0 Å². The highest BCUT2D eigenvalue weighted by Crippen LogP contribution is 2.20. The summed E-state index contributed by atoms with van der Waals surface area (Å²) in [6.07, 6.45) is 1.47. The molecular formula is C7H8ClFN2. The summed E-state index contributed by atoms with van der Waals surface area (Å²) in [5.74, 6) is -0.211. The van der Waals surface area contributed by atoms with E-state index in [4.69, 9.17) is 11.6 Å². The second kappa shape index (κ2) is 3.05. The molecule has 1 rings (SSSR count). The number of hydrogen-bond donors (Lipinski definition) is 0. The maximum Gasteiger partial charge on any atom is 0.184 e.